The second-order valence-corrected chi connectivity index (χ2v) is 5.93. The summed E-state index contributed by atoms with van der Waals surface area (Å²) in [5.74, 6) is -0.725. The number of likely N-dealkylation sites (tertiary alicyclic amines) is 1. The van der Waals surface area contributed by atoms with Crippen LogP contribution in [0.3, 0.4) is 0 Å². The first kappa shape index (κ1) is 17.3. The minimum atomic E-state index is -0.725. The van der Waals surface area contributed by atoms with Crippen LogP contribution in [0.4, 0.5) is 10.5 Å². The second kappa shape index (κ2) is 9.15. The molecule has 3 N–H and O–H groups in total. The highest BCUT2D eigenvalue weighted by molar-refractivity contribution is 5.89. The van der Waals surface area contributed by atoms with Gasteiger partial charge in [0.1, 0.15) is 0 Å². The molecule has 1 aliphatic rings. The van der Waals surface area contributed by atoms with E-state index >= 15 is 0 Å². The minimum absolute atomic E-state index is 0.156. The van der Waals surface area contributed by atoms with Gasteiger partial charge in [0, 0.05) is 31.2 Å². The van der Waals surface area contributed by atoms with Gasteiger partial charge in [-0.15, -0.1) is 0 Å². The number of para-hydroxylation sites is 1. The molecule has 0 radical (unpaired) electrons. The quantitative estimate of drug-likeness (QED) is 0.675. The molecule has 6 heteroatoms. The van der Waals surface area contributed by atoms with E-state index in [1.54, 1.807) is 0 Å². The third-order valence-corrected chi connectivity index (χ3v) is 4.07. The first-order valence-corrected chi connectivity index (χ1v) is 8.20. The summed E-state index contributed by atoms with van der Waals surface area (Å²) in [5, 5.41) is 14.5. The van der Waals surface area contributed by atoms with Crippen LogP contribution in [0.25, 0.3) is 0 Å². The number of carboxylic acid groups (broad SMARTS) is 1. The molecule has 0 spiro atoms. The van der Waals surface area contributed by atoms with Crippen LogP contribution < -0.4 is 10.6 Å². The molecule has 1 aromatic rings. The number of piperidine rings is 1. The average molecular weight is 319 g/mol. The summed E-state index contributed by atoms with van der Waals surface area (Å²) < 4.78 is 0. The molecule has 1 aromatic carbocycles. The normalized spacial score (nSPS) is 16.0. The number of nitrogens with zero attached hydrogens (tertiary/aromatic N) is 1. The number of benzene rings is 1. The Hall–Kier alpha value is -2.08. The molecule has 6 nitrogen and oxygen atoms in total. The van der Waals surface area contributed by atoms with Crippen molar-refractivity contribution in [2.75, 3.05) is 25.0 Å². The van der Waals surface area contributed by atoms with Crippen LogP contribution >= 0.6 is 0 Å². The Labute approximate surface area is 136 Å². The number of carboxylic acids is 1. The van der Waals surface area contributed by atoms with Gasteiger partial charge in [0.05, 0.1) is 0 Å². The number of hydrogen-bond acceptors (Lipinski definition) is 3. The van der Waals surface area contributed by atoms with E-state index in [2.05, 4.69) is 15.5 Å². The maximum absolute atomic E-state index is 11.9. The molecule has 0 atom stereocenters. The number of carbonyl (C=O) groups excluding carboxylic acids is 1. The lowest BCUT2D eigenvalue weighted by molar-refractivity contribution is -0.137. The summed E-state index contributed by atoms with van der Waals surface area (Å²) in [7, 11) is 0. The predicted molar refractivity (Wildman–Crippen MR) is 89.5 cm³/mol. The van der Waals surface area contributed by atoms with Crippen molar-refractivity contribution in [3.05, 3.63) is 30.3 Å². The van der Waals surface area contributed by atoms with Gasteiger partial charge in [-0.05, 0) is 44.4 Å². The maximum Gasteiger partial charge on any atom is 0.319 e. The summed E-state index contributed by atoms with van der Waals surface area (Å²) in [5.41, 5.74) is 0.792. The van der Waals surface area contributed by atoms with Crippen molar-refractivity contribution in [2.45, 2.75) is 38.1 Å². The van der Waals surface area contributed by atoms with Gasteiger partial charge >= 0.3 is 12.0 Å². The summed E-state index contributed by atoms with van der Waals surface area (Å²) in [6.07, 6.45) is 3.76. The molecule has 0 aromatic heterocycles. The molecule has 1 saturated heterocycles. The van der Waals surface area contributed by atoms with E-state index in [0.717, 1.165) is 51.0 Å². The maximum atomic E-state index is 11.9. The molecule has 1 aliphatic heterocycles. The van der Waals surface area contributed by atoms with Gasteiger partial charge in [-0.1, -0.05) is 18.2 Å². The number of urea groups is 1. The Morgan fingerprint density at radius 1 is 1.13 bits per heavy atom. The highest BCUT2D eigenvalue weighted by atomic mass is 16.4. The Morgan fingerprint density at radius 3 is 2.48 bits per heavy atom. The molecular formula is C17H25N3O3. The second-order valence-electron chi connectivity index (χ2n) is 5.93. The fraction of sp³-hybridized carbons (Fsp3) is 0.529. The van der Waals surface area contributed by atoms with Gasteiger partial charge in [-0.3, -0.25) is 4.79 Å². The molecular weight excluding hydrogens is 294 g/mol. The van der Waals surface area contributed by atoms with Crippen molar-refractivity contribution in [2.24, 2.45) is 0 Å². The molecule has 1 fully saturated rings. The fourth-order valence-electron chi connectivity index (χ4n) is 2.79. The zero-order valence-corrected chi connectivity index (χ0v) is 13.3. The number of unbranched alkanes of at least 4 members (excludes halogenated alkanes) is 1. The number of amides is 2. The zero-order valence-electron chi connectivity index (χ0n) is 13.3. The van der Waals surface area contributed by atoms with Gasteiger partial charge in [0.2, 0.25) is 0 Å². The number of anilines is 1. The SMILES string of the molecule is O=C(O)CCCCN1CCC(NC(=O)Nc2ccccc2)CC1. The average Bonchev–Trinajstić information content (AvgIpc) is 2.54. The van der Waals surface area contributed by atoms with Crippen molar-refractivity contribution in [1.82, 2.24) is 10.2 Å². The van der Waals surface area contributed by atoms with E-state index in [1.165, 1.54) is 0 Å². The first-order valence-electron chi connectivity index (χ1n) is 8.20. The van der Waals surface area contributed by atoms with Crippen molar-refractivity contribution in [1.29, 1.82) is 0 Å². The number of aliphatic carboxylic acids is 1. The van der Waals surface area contributed by atoms with Crippen LogP contribution in [-0.2, 0) is 4.79 Å². The van der Waals surface area contributed by atoms with E-state index in [4.69, 9.17) is 5.11 Å². The third-order valence-electron chi connectivity index (χ3n) is 4.07. The smallest absolute Gasteiger partial charge is 0.319 e. The van der Waals surface area contributed by atoms with Crippen molar-refractivity contribution < 1.29 is 14.7 Å². The van der Waals surface area contributed by atoms with Crippen molar-refractivity contribution in [3.8, 4) is 0 Å². The van der Waals surface area contributed by atoms with Crippen LogP contribution in [0.5, 0.6) is 0 Å². The van der Waals surface area contributed by atoms with Crippen LogP contribution in [-0.4, -0.2) is 47.7 Å². The van der Waals surface area contributed by atoms with E-state index < -0.39 is 5.97 Å². The topological polar surface area (TPSA) is 81.7 Å². The standard InChI is InChI=1S/C17H25N3O3/c21-16(22)8-4-5-11-20-12-9-15(10-13-20)19-17(23)18-14-6-2-1-3-7-14/h1-3,6-7,15H,4-5,8-13H2,(H,21,22)(H2,18,19,23). The lowest BCUT2D eigenvalue weighted by atomic mass is 10.0. The molecule has 23 heavy (non-hydrogen) atoms. The summed E-state index contributed by atoms with van der Waals surface area (Å²) >= 11 is 0. The van der Waals surface area contributed by atoms with E-state index in [0.29, 0.717) is 0 Å². The molecule has 0 unspecified atom stereocenters. The molecule has 0 aliphatic carbocycles. The zero-order chi connectivity index (χ0) is 16.5. The van der Waals surface area contributed by atoms with Crippen LogP contribution in [0.1, 0.15) is 32.1 Å². The lowest BCUT2D eigenvalue weighted by Gasteiger charge is -2.32. The summed E-state index contributed by atoms with van der Waals surface area (Å²) in [6, 6.07) is 9.45. The number of rotatable bonds is 7. The first-order chi connectivity index (χ1) is 11.1. The Morgan fingerprint density at radius 2 is 1.83 bits per heavy atom. The van der Waals surface area contributed by atoms with Crippen LogP contribution in [0, 0.1) is 0 Å². The lowest BCUT2D eigenvalue weighted by Crippen LogP contribution is -2.46. The van der Waals surface area contributed by atoms with Crippen molar-refractivity contribution >= 4 is 17.7 Å². The van der Waals surface area contributed by atoms with Gasteiger partial charge in [0.25, 0.3) is 0 Å². The minimum Gasteiger partial charge on any atom is -0.481 e. The molecule has 0 saturated carbocycles. The number of hydrogen-bond donors (Lipinski definition) is 3. The van der Waals surface area contributed by atoms with Gasteiger partial charge < -0.3 is 20.6 Å². The van der Waals surface area contributed by atoms with E-state index in [-0.39, 0.29) is 18.5 Å². The monoisotopic (exact) mass is 319 g/mol. The molecule has 2 amide bonds. The third kappa shape index (κ3) is 6.69. The van der Waals surface area contributed by atoms with Crippen LogP contribution in [0.15, 0.2) is 30.3 Å². The number of nitrogens with one attached hydrogen (secondary N) is 2. The molecule has 126 valence electrons. The Kier molecular flexibility index (Phi) is 6.87. The van der Waals surface area contributed by atoms with Gasteiger partial charge in [-0.25, -0.2) is 4.79 Å². The molecule has 0 bridgehead atoms. The summed E-state index contributed by atoms with van der Waals surface area (Å²) in [6.45, 7) is 2.84. The summed E-state index contributed by atoms with van der Waals surface area (Å²) in [4.78, 5) is 24.8. The highest BCUT2D eigenvalue weighted by Crippen LogP contribution is 2.12. The van der Waals surface area contributed by atoms with Crippen LogP contribution in [0.2, 0.25) is 0 Å². The Bertz CT molecular complexity index is 499. The van der Waals surface area contributed by atoms with Gasteiger partial charge in [0.15, 0.2) is 0 Å². The Balaban J connectivity index is 1.61. The molecule has 2 rings (SSSR count). The predicted octanol–water partition coefficient (Wildman–Crippen LogP) is 2.53. The number of carbonyl (C=O) groups is 2. The van der Waals surface area contributed by atoms with Gasteiger partial charge in [-0.2, -0.15) is 0 Å². The highest BCUT2D eigenvalue weighted by Gasteiger charge is 2.20. The van der Waals surface area contributed by atoms with E-state index in [9.17, 15) is 9.59 Å². The fourth-order valence-corrected chi connectivity index (χ4v) is 2.79. The van der Waals surface area contributed by atoms with Crippen molar-refractivity contribution in [3.63, 3.8) is 0 Å². The largest absolute Gasteiger partial charge is 0.481 e. The molecule has 1 heterocycles. The van der Waals surface area contributed by atoms with E-state index in [1.807, 2.05) is 30.3 Å².